The Hall–Kier alpha value is -2.08. The van der Waals surface area contributed by atoms with Crippen LogP contribution in [0.5, 0.6) is 11.5 Å². The first-order chi connectivity index (χ1) is 9.22. The van der Waals surface area contributed by atoms with Crippen LogP contribution in [0, 0.1) is 6.92 Å². The van der Waals surface area contributed by atoms with Gasteiger partial charge in [0.2, 0.25) is 6.79 Å². The highest BCUT2D eigenvalue weighted by atomic mass is 16.7. The molecule has 0 radical (unpaired) electrons. The summed E-state index contributed by atoms with van der Waals surface area (Å²) in [5.74, 6) is 1.62. The summed E-state index contributed by atoms with van der Waals surface area (Å²) in [7, 11) is 2.03. The van der Waals surface area contributed by atoms with Crippen LogP contribution in [0.2, 0.25) is 0 Å². The summed E-state index contributed by atoms with van der Waals surface area (Å²) in [5, 5.41) is 7.66. The standard InChI is InChI=1S/C13H15N3O3/c1-9-11(15-19-14-9)7-16(2)6-10-3-4-12-13(5-10)18-8-17-12/h3-5H,6-8H2,1-2H3. The van der Waals surface area contributed by atoms with Crippen molar-refractivity contribution in [1.29, 1.82) is 0 Å². The van der Waals surface area contributed by atoms with Crippen LogP contribution in [0.25, 0.3) is 0 Å². The fraction of sp³-hybridized carbons (Fsp3) is 0.385. The van der Waals surface area contributed by atoms with Gasteiger partial charge in [-0.05, 0) is 31.7 Å². The normalized spacial score (nSPS) is 13.2. The van der Waals surface area contributed by atoms with Crippen molar-refractivity contribution in [2.24, 2.45) is 0 Å². The minimum atomic E-state index is 0.304. The monoisotopic (exact) mass is 261 g/mol. The molecule has 0 spiro atoms. The molecule has 0 fully saturated rings. The molecule has 0 N–H and O–H groups in total. The van der Waals surface area contributed by atoms with Crippen molar-refractivity contribution >= 4 is 0 Å². The lowest BCUT2D eigenvalue weighted by Crippen LogP contribution is -2.18. The molecular weight excluding hydrogens is 246 g/mol. The van der Waals surface area contributed by atoms with Crippen LogP contribution in [-0.2, 0) is 13.1 Å². The van der Waals surface area contributed by atoms with E-state index >= 15 is 0 Å². The molecule has 100 valence electrons. The lowest BCUT2D eigenvalue weighted by molar-refractivity contribution is 0.174. The average molecular weight is 261 g/mol. The molecule has 2 heterocycles. The zero-order chi connectivity index (χ0) is 13.2. The fourth-order valence-electron chi connectivity index (χ4n) is 2.06. The van der Waals surface area contributed by atoms with Gasteiger partial charge in [-0.15, -0.1) is 0 Å². The SMILES string of the molecule is Cc1nonc1CN(C)Cc1ccc2c(c1)OCO2. The van der Waals surface area contributed by atoms with Crippen molar-refractivity contribution in [2.75, 3.05) is 13.8 Å². The van der Waals surface area contributed by atoms with Crippen LogP contribution < -0.4 is 9.47 Å². The number of nitrogens with zero attached hydrogens (tertiary/aromatic N) is 3. The Morgan fingerprint density at radius 1 is 1.16 bits per heavy atom. The van der Waals surface area contributed by atoms with Crippen molar-refractivity contribution in [1.82, 2.24) is 15.2 Å². The Kier molecular flexibility index (Phi) is 3.08. The number of ether oxygens (including phenoxy) is 2. The number of benzene rings is 1. The van der Waals surface area contributed by atoms with E-state index in [1.54, 1.807) is 0 Å². The molecule has 1 aromatic heterocycles. The quantitative estimate of drug-likeness (QED) is 0.835. The highest BCUT2D eigenvalue weighted by Gasteiger charge is 2.14. The molecule has 6 heteroatoms. The maximum atomic E-state index is 5.37. The molecule has 0 aliphatic carbocycles. The third kappa shape index (κ3) is 2.53. The van der Waals surface area contributed by atoms with E-state index in [9.17, 15) is 0 Å². The highest BCUT2D eigenvalue weighted by Crippen LogP contribution is 2.32. The van der Waals surface area contributed by atoms with E-state index in [-0.39, 0.29) is 0 Å². The number of hydrogen-bond donors (Lipinski definition) is 0. The molecule has 2 aromatic rings. The third-order valence-electron chi connectivity index (χ3n) is 3.06. The summed E-state index contributed by atoms with van der Waals surface area (Å²) in [6.07, 6.45) is 0. The predicted molar refractivity (Wildman–Crippen MR) is 66.8 cm³/mol. The zero-order valence-electron chi connectivity index (χ0n) is 10.9. The van der Waals surface area contributed by atoms with E-state index in [1.165, 1.54) is 5.56 Å². The van der Waals surface area contributed by atoms with Crippen molar-refractivity contribution < 1.29 is 14.1 Å². The van der Waals surface area contributed by atoms with Crippen LogP contribution >= 0.6 is 0 Å². The van der Waals surface area contributed by atoms with Gasteiger partial charge in [-0.25, -0.2) is 4.63 Å². The van der Waals surface area contributed by atoms with Crippen molar-refractivity contribution in [3.05, 3.63) is 35.2 Å². The Morgan fingerprint density at radius 3 is 2.79 bits per heavy atom. The number of hydrogen-bond acceptors (Lipinski definition) is 6. The average Bonchev–Trinajstić information content (AvgIpc) is 2.98. The molecular formula is C13H15N3O3. The lowest BCUT2D eigenvalue weighted by atomic mass is 10.2. The van der Waals surface area contributed by atoms with Gasteiger partial charge < -0.3 is 9.47 Å². The zero-order valence-corrected chi connectivity index (χ0v) is 10.9. The number of aromatic nitrogens is 2. The lowest BCUT2D eigenvalue weighted by Gasteiger charge is -2.15. The second kappa shape index (κ2) is 4.89. The first kappa shape index (κ1) is 12.0. The molecule has 0 bridgehead atoms. The van der Waals surface area contributed by atoms with Gasteiger partial charge in [0.15, 0.2) is 11.5 Å². The summed E-state index contributed by atoms with van der Waals surface area (Å²) >= 11 is 0. The second-order valence-electron chi connectivity index (χ2n) is 4.66. The maximum absolute atomic E-state index is 5.37. The van der Waals surface area contributed by atoms with Crippen molar-refractivity contribution in [2.45, 2.75) is 20.0 Å². The molecule has 3 rings (SSSR count). The van der Waals surface area contributed by atoms with Gasteiger partial charge in [-0.2, -0.15) is 0 Å². The Labute approximate surface area is 110 Å². The van der Waals surface area contributed by atoms with Gasteiger partial charge in [0.25, 0.3) is 0 Å². The van der Waals surface area contributed by atoms with Crippen molar-refractivity contribution in [3.63, 3.8) is 0 Å². The molecule has 0 atom stereocenters. The van der Waals surface area contributed by atoms with Gasteiger partial charge in [0, 0.05) is 13.1 Å². The molecule has 0 saturated carbocycles. The van der Waals surface area contributed by atoms with Crippen LogP contribution in [0.15, 0.2) is 22.8 Å². The van der Waals surface area contributed by atoms with E-state index in [1.807, 2.05) is 32.2 Å². The molecule has 6 nitrogen and oxygen atoms in total. The summed E-state index contributed by atoms with van der Waals surface area (Å²) in [5.41, 5.74) is 2.86. The molecule has 0 unspecified atom stereocenters. The Bertz CT molecular complexity index is 582. The molecule has 1 aromatic carbocycles. The van der Waals surface area contributed by atoms with Crippen LogP contribution in [0.1, 0.15) is 17.0 Å². The van der Waals surface area contributed by atoms with Gasteiger partial charge in [-0.1, -0.05) is 16.4 Å². The van der Waals surface area contributed by atoms with Gasteiger partial charge >= 0.3 is 0 Å². The first-order valence-electron chi connectivity index (χ1n) is 6.07. The molecule has 0 amide bonds. The van der Waals surface area contributed by atoms with Crippen LogP contribution in [0.4, 0.5) is 0 Å². The fourth-order valence-corrected chi connectivity index (χ4v) is 2.06. The Morgan fingerprint density at radius 2 is 2.00 bits per heavy atom. The summed E-state index contributed by atoms with van der Waals surface area (Å²) in [6.45, 7) is 3.69. The van der Waals surface area contributed by atoms with Gasteiger partial charge in [0.05, 0.1) is 0 Å². The molecule has 1 aliphatic heterocycles. The smallest absolute Gasteiger partial charge is 0.231 e. The van der Waals surface area contributed by atoms with E-state index in [0.29, 0.717) is 13.3 Å². The second-order valence-corrected chi connectivity index (χ2v) is 4.66. The topological polar surface area (TPSA) is 60.6 Å². The summed E-state index contributed by atoms with van der Waals surface area (Å²) in [4.78, 5) is 2.14. The van der Waals surface area contributed by atoms with Gasteiger partial charge in [-0.3, -0.25) is 4.90 Å². The van der Waals surface area contributed by atoms with E-state index in [2.05, 4.69) is 15.2 Å². The number of rotatable bonds is 4. The minimum Gasteiger partial charge on any atom is -0.454 e. The summed E-state index contributed by atoms with van der Waals surface area (Å²) in [6, 6.07) is 5.99. The molecule has 19 heavy (non-hydrogen) atoms. The maximum Gasteiger partial charge on any atom is 0.231 e. The molecule has 1 aliphatic rings. The van der Waals surface area contributed by atoms with E-state index in [0.717, 1.165) is 29.4 Å². The Balaban J connectivity index is 1.66. The van der Waals surface area contributed by atoms with Crippen molar-refractivity contribution in [3.8, 4) is 11.5 Å². The minimum absolute atomic E-state index is 0.304. The predicted octanol–water partition coefficient (Wildman–Crippen LogP) is 1.74. The van der Waals surface area contributed by atoms with E-state index < -0.39 is 0 Å². The molecule has 0 saturated heterocycles. The largest absolute Gasteiger partial charge is 0.454 e. The number of fused-ring (bicyclic) bond motifs is 1. The van der Waals surface area contributed by atoms with Crippen LogP contribution in [0.3, 0.4) is 0 Å². The van der Waals surface area contributed by atoms with E-state index in [4.69, 9.17) is 14.1 Å². The van der Waals surface area contributed by atoms with Gasteiger partial charge in [0.1, 0.15) is 11.4 Å². The summed E-state index contributed by atoms with van der Waals surface area (Å²) < 4.78 is 15.4. The number of aryl methyl sites for hydroxylation is 1. The highest BCUT2D eigenvalue weighted by molar-refractivity contribution is 5.44. The van der Waals surface area contributed by atoms with Crippen LogP contribution in [-0.4, -0.2) is 29.1 Å². The first-order valence-corrected chi connectivity index (χ1v) is 6.07. The third-order valence-corrected chi connectivity index (χ3v) is 3.06.